The number of nitrogens with zero attached hydrogens (tertiary/aromatic N) is 3. The van der Waals surface area contributed by atoms with Gasteiger partial charge in [-0.3, -0.25) is 9.36 Å². The predicted molar refractivity (Wildman–Crippen MR) is 129 cm³/mol. The summed E-state index contributed by atoms with van der Waals surface area (Å²) in [5, 5.41) is 10.5. The average Bonchev–Trinajstić information content (AvgIpc) is 3.52. The van der Waals surface area contributed by atoms with Crippen molar-refractivity contribution in [2.75, 3.05) is 0 Å². The van der Waals surface area contributed by atoms with Gasteiger partial charge in [-0.15, -0.1) is 11.3 Å². The molecule has 0 atom stereocenters. The zero-order valence-electron chi connectivity index (χ0n) is 17.9. The molecule has 33 heavy (non-hydrogen) atoms. The van der Waals surface area contributed by atoms with Gasteiger partial charge in [-0.05, 0) is 43.2 Å². The SMILES string of the molecule is Cc1nc(-c2ccccc2O)n(CCc2ccccc2)c(=O)c1-c1ccc(-c2cnco2)s1. The van der Waals surface area contributed by atoms with E-state index >= 15 is 0 Å². The van der Waals surface area contributed by atoms with E-state index in [0.29, 0.717) is 41.4 Å². The highest BCUT2D eigenvalue weighted by Gasteiger charge is 2.20. The highest BCUT2D eigenvalue weighted by atomic mass is 32.1. The Labute approximate surface area is 194 Å². The molecule has 3 aromatic heterocycles. The van der Waals surface area contributed by atoms with E-state index < -0.39 is 0 Å². The maximum atomic E-state index is 13.8. The number of para-hydroxylation sites is 1. The third-order valence-corrected chi connectivity index (χ3v) is 6.61. The number of benzene rings is 2. The number of aryl methyl sites for hydroxylation is 2. The normalized spacial score (nSPS) is 11.1. The van der Waals surface area contributed by atoms with Crippen LogP contribution >= 0.6 is 11.3 Å². The molecule has 0 aliphatic heterocycles. The second kappa shape index (κ2) is 8.88. The molecule has 0 fully saturated rings. The first-order chi connectivity index (χ1) is 16.1. The zero-order valence-corrected chi connectivity index (χ0v) is 18.7. The molecular formula is C26H21N3O3S. The fourth-order valence-corrected chi connectivity index (χ4v) is 4.90. The maximum Gasteiger partial charge on any atom is 0.262 e. The van der Waals surface area contributed by atoms with Gasteiger partial charge in [0.05, 0.1) is 27.9 Å². The van der Waals surface area contributed by atoms with E-state index in [-0.39, 0.29) is 11.3 Å². The molecule has 0 saturated carbocycles. The van der Waals surface area contributed by atoms with Gasteiger partial charge in [-0.2, -0.15) is 0 Å². The van der Waals surface area contributed by atoms with Gasteiger partial charge in [0.2, 0.25) is 0 Å². The van der Waals surface area contributed by atoms with Crippen LogP contribution in [0.5, 0.6) is 5.75 Å². The van der Waals surface area contributed by atoms with Gasteiger partial charge < -0.3 is 9.52 Å². The molecule has 0 unspecified atom stereocenters. The zero-order chi connectivity index (χ0) is 22.8. The molecule has 5 rings (SSSR count). The molecule has 2 aromatic carbocycles. The molecule has 1 N–H and O–H groups in total. The first-order valence-electron chi connectivity index (χ1n) is 10.5. The number of oxazole rings is 1. The topological polar surface area (TPSA) is 81.2 Å². The van der Waals surface area contributed by atoms with Crippen LogP contribution in [-0.2, 0) is 13.0 Å². The monoisotopic (exact) mass is 455 g/mol. The number of thiophene rings is 1. The van der Waals surface area contributed by atoms with E-state index in [9.17, 15) is 9.90 Å². The fourth-order valence-electron chi connectivity index (χ4n) is 3.85. The van der Waals surface area contributed by atoms with Crippen molar-refractivity contribution in [3.05, 3.63) is 101 Å². The van der Waals surface area contributed by atoms with Crippen molar-refractivity contribution in [1.29, 1.82) is 0 Å². The van der Waals surface area contributed by atoms with Crippen molar-refractivity contribution in [3.63, 3.8) is 0 Å². The lowest BCUT2D eigenvalue weighted by Gasteiger charge is -2.16. The van der Waals surface area contributed by atoms with Crippen molar-refractivity contribution >= 4 is 11.3 Å². The number of hydrogen-bond acceptors (Lipinski definition) is 6. The molecule has 0 aliphatic rings. The molecule has 0 aliphatic carbocycles. The highest BCUT2D eigenvalue weighted by Crippen LogP contribution is 2.35. The number of aromatic nitrogens is 3. The van der Waals surface area contributed by atoms with E-state index in [0.717, 1.165) is 15.3 Å². The first kappa shape index (κ1) is 20.9. The van der Waals surface area contributed by atoms with Gasteiger partial charge in [-0.1, -0.05) is 42.5 Å². The molecule has 5 aromatic rings. The molecule has 6 nitrogen and oxygen atoms in total. The molecule has 0 saturated heterocycles. The molecule has 3 heterocycles. The number of hydrogen-bond donors (Lipinski definition) is 1. The Morgan fingerprint density at radius 1 is 1.00 bits per heavy atom. The van der Waals surface area contributed by atoms with E-state index in [1.54, 1.807) is 29.0 Å². The minimum Gasteiger partial charge on any atom is -0.507 e. The number of phenols is 1. The Morgan fingerprint density at radius 2 is 1.76 bits per heavy atom. The van der Waals surface area contributed by atoms with Crippen LogP contribution in [0.4, 0.5) is 0 Å². The molecular weight excluding hydrogens is 434 g/mol. The van der Waals surface area contributed by atoms with Crippen molar-refractivity contribution in [1.82, 2.24) is 14.5 Å². The van der Waals surface area contributed by atoms with Crippen LogP contribution in [0, 0.1) is 6.92 Å². The molecule has 164 valence electrons. The summed E-state index contributed by atoms with van der Waals surface area (Å²) in [5.41, 5.74) is 2.69. The van der Waals surface area contributed by atoms with Gasteiger partial charge in [0, 0.05) is 11.4 Å². The first-order valence-corrected chi connectivity index (χ1v) is 11.4. The van der Waals surface area contributed by atoms with Crippen LogP contribution in [0.3, 0.4) is 0 Å². The van der Waals surface area contributed by atoms with Crippen LogP contribution < -0.4 is 5.56 Å². The summed E-state index contributed by atoms with van der Waals surface area (Å²) >= 11 is 1.46. The lowest BCUT2D eigenvalue weighted by Crippen LogP contribution is -2.26. The summed E-state index contributed by atoms with van der Waals surface area (Å²) in [6, 6.07) is 20.8. The smallest absolute Gasteiger partial charge is 0.262 e. The summed E-state index contributed by atoms with van der Waals surface area (Å²) in [5.74, 6) is 1.21. The molecule has 0 radical (unpaired) electrons. The van der Waals surface area contributed by atoms with Crippen molar-refractivity contribution in [2.24, 2.45) is 0 Å². The largest absolute Gasteiger partial charge is 0.507 e. The van der Waals surface area contributed by atoms with E-state index in [2.05, 4.69) is 4.98 Å². The molecule has 0 spiro atoms. The van der Waals surface area contributed by atoms with Crippen LogP contribution in [0.1, 0.15) is 11.3 Å². The molecule has 0 bridgehead atoms. The van der Waals surface area contributed by atoms with Crippen LogP contribution in [0.2, 0.25) is 0 Å². The summed E-state index contributed by atoms with van der Waals surface area (Å²) in [7, 11) is 0. The molecule has 7 heteroatoms. The predicted octanol–water partition coefficient (Wildman–Crippen LogP) is 5.55. The number of phenolic OH excluding ortho intramolecular Hbond substituents is 1. The minimum atomic E-state index is -0.136. The number of aromatic hydroxyl groups is 1. The average molecular weight is 456 g/mol. The van der Waals surface area contributed by atoms with E-state index in [1.807, 2.05) is 55.5 Å². The van der Waals surface area contributed by atoms with Crippen molar-refractivity contribution in [3.8, 4) is 38.2 Å². The van der Waals surface area contributed by atoms with Crippen LogP contribution in [0.25, 0.3) is 32.5 Å². The van der Waals surface area contributed by atoms with E-state index in [4.69, 9.17) is 9.40 Å². The van der Waals surface area contributed by atoms with Gasteiger partial charge in [0.1, 0.15) is 11.6 Å². The molecule has 0 amide bonds. The Balaban J connectivity index is 1.64. The maximum absolute atomic E-state index is 13.8. The quantitative estimate of drug-likeness (QED) is 0.363. The standard InChI is InChI=1S/C26H21N3O3S/c1-17-24(23-12-11-22(33-23)21-15-27-16-32-21)26(31)29(14-13-18-7-3-2-4-8-18)25(28-17)19-9-5-6-10-20(19)30/h2-12,15-16,30H,13-14H2,1H3. The van der Waals surface area contributed by atoms with Gasteiger partial charge >= 0.3 is 0 Å². The Bertz CT molecular complexity index is 1450. The lowest BCUT2D eigenvalue weighted by atomic mass is 10.1. The van der Waals surface area contributed by atoms with Crippen LogP contribution in [0.15, 0.2) is 88.5 Å². The minimum absolute atomic E-state index is 0.0914. The fraction of sp³-hybridized carbons (Fsp3) is 0.115. The van der Waals surface area contributed by atoms with Gasteiger partial charge in [0.25, 0.3) is 5.56 Å². The second-order valence-electron chi connectivity index (χ2n) is 7.63. The summed E-state index contributed by atoms with van der Waals surface area (Å²) in [6.07, 6.45) is 3.71. The summed E-state index contributed by atoms with van der Waals surface area (Å²) < 4.78 is 7.07. The van der Waals surface area contributed by atoms with Gasteiger partial charge in [-0.25, -0.2) is 9.97 Å². The van der Waals surface area contributed by atoms with E-state index in [1.165, 1.54) is 17.7 Å². The highest BCUT2D eigenvalue weighted by molar-refractivity contribution is 7.18. The third-order valence-electron chi connectivity index (χ3n) is 5.49. The third kappa shape index (κ3) is 4.10. The van der Waals surface area contributed by atoms with Crippen molar-refractivity contribution in [2.45, 2.75) is 19.9 Å². The Hall–Kier alpha value is -3.97. The van der Waals surface area contributed by atoms with Gasteiger partial charge in [0.15, 0.2) is 12.2 Å². The van der Waals surface area contributed by atoms with Crippen molar-refractivity contribution < 1.29 is 9.52 Å². The lowest BCUT2D eigenvalue weighted by molar-refractivity contribution is 0.476. The van der Waals surface area contributed by atoms with Crippen LogP contribution in [-0.4, -0.2) is 19.6 Å². The number of rotatable bonds is 6. The second-order valence-corrected chi connectivity index (χ2v) is 8.72. The Kier molecular flexibility index (Phi) is 5.62. The summed E-state index contributed by atoms with van der Waals surface area (Å²) in [4.78, 5) is 24.3. The summed E-state index contributed by atoms with van der Waals surface area (Å²) in [6.45, 7) is 2.27. The Morgan fingerprint density at radius 3 is 2.52 bits per heavy atom.